The molecule has 21 heavy (non-hydrogen) atoms. The number of aromatic nitrogens is 1. The molecule has 0 aliphatic rings. The average Bonchev–Trinajstić information content (AvgIpc) is 2.97. The maximum Gasteiger partial charge on any atom is 0.341 e. The predicted molar refractivity (Wildman–Crippen MR) is 77.5 cm³/mol. The van der Waals surface area contributed by atoms with E-state index in [1.165, 1.54) is 11.3 Å². The van der Waals surface area contributed by atoms with E-state index in [9.17, 15) is 9.59 Å². The van der Waals surface area contributed by atoms with Crippen molar-refractivity contribution in [2.45, 2.75) is 6.54 Å². The van der Waals surface area contributed by atoms with Gasteiger partial charge in [-0.1, -0.05) is 12.1 Å². The summed E-state index contributed by atoms with van der Waals surface area (Å²) in [5, 5.41) is 16.5. The zero-order valence-electron chi connectivity index (χ0n) is 10.9. The second kappa shape index (κ2) is 7.25. The van der Waals surface area contributed by atoms with E-state index >= 15 is 0 Å². The number of rotatable bonds is 6. The van der Waals surface area contributed by atoms with Gasteiger partial charge in [-0.3, -0.25) is 0 Å². The Balaban J connectivity index is 1.92. The van der Waals surface area contributed by atoms with Crippen LogP contribution in [0.4, 0.5) is 10.5 Å². The molecular formula is C13H13N3O4S. The van der Waals surface area contributed by atoms with Gasteiger partial charge in [-0.05, 0) is 12.1 Å². The van der Waals surface area contributed by atoms with E-state index < -0.39 is 18.6 Å². The first-order chi connectivity index (χ1) is 10.1. The Morgan fingerprint density at radius 2 is 2.14 bits per heavy atom. The van der Waals surface area contributed by atoms with Crippen molar-refractivity contribution in [3.63, 3.8) is 0 Å². The van der Waals surface area contributed by atoms with Crippen molar-refractivity contribution in [2.75, 3.05) is 11.9 Å². The molecule has 0 fully saturated rings. The molecule has 0 aliphatic heterocycles. The predicted octanol–water partition coefficient (Wildman–Crippen LogP) is 1.93. The molecular weight excluding hydrogens is 294 g/mol. The number of nitrogens with one attached hydrogen (secondary N) is 2. The highest BCUT2D eigenvalue weighted by Gasteiger charge is 2.09. The Kier molecular flexibility index (Phi) is 5.10. The van der Waals surface area contributed by atoms with E-state index in [0.717, 1.165) is 5.01 Å². The van der Waals surface area contributed by atoms with Gasteiger partial charge >= 0.3 is 12.0 Å². The molecule has 0 bridgehead atoms. The number of carboxylic acid groups (broad SMARTS) is 1. The van der Waals surface area contributed by atoms with Gasteiger partial charge < -0.3 is 20.5 Å². The third-order valence-corrected chi connectivity index (χ3v) is 3.15. The van der Waals surface area contributed by atoms with Gasteiger partial charge in [-0.2, -0.15) is 0 Å². The van der Waals surface area contributed by atoms with Crippen LogP contribution in [0.1, 0.15) is 5.01 Å². The Bertz CT molecular complexity index is 616. The third kappa shape index (κ3) is 4.77. The molecule has 1 aromatic heterocycles. The number of hydrogen-bond acceptors (Lipinski definition) is 5. The second-order valence-electron chi connectivity index (χ2n) is 3.91. The number of ether oxygens (including phenoxy) is 1. The standard InChI is InChI=1S/C13H13N3O4S/c17-12(18)8-20-10-4-2-1-3-9(10)16-13(19)15-7-11-14-5-6-21-11/h1-6H,7-8H2,(H,17,18)(H2,15,16,19). The van der Waals surface area contributed by atoms with Crippen LogP contribution in [0, 0.1) is 0 Å². The first-order valence-electron chi connectivity index (χ1n) is 6.02. The molecule has 2 aromatic rings. The number of aliphatic carboxylic acids is 1. The summed E-state index contributed by atoms with van der Waals surface area (Å²) in [7, 11) is 0. The fourth-order valence-electron chi connectivity index (χ4n) is 1.50. The summed E-state index contributed by atoms with van der Waals surface area (Å²) >= 11 is 1.44. The number of nitrogens with zero attached hydrogens (tertiary/aromatic N) is 1. The van der Waals surface area contributed by atoms with E-state index in [1.54, 1.807) is 30.5 Å². The molecule has 1 aromatic carbocycles. The molecule has 0 radical (unpaired) electrons. The Labute approximate surface area is 124 Å². The second-order valence-corrected chi connectivity index (χ2v) is 4.89. The number of anilines is 1. The Morgan fingerprint density at radius 3 is 2.86 bits per heavy atom. The molecule has 0 aliphatic carbocycles. The SMILES string of the molecule is O=C(O)COc1ccccc1NC(=O)NCc1nccs1. The summed E-state index contributed by atoms with van der Waals surface area (Å²) in [4.78, 5) is 26.3. The largest absolute Gasteiger partial charge is 0.480 e. The highest BCUT2D eigenvalue weighted by molar-refractivity contribution is 7.09. The summed E-state index contributed by atoms with van der Waals surface area (Å²) < 4.78 is 5.10. The lowest BCUT2D eigenvalue weighted by Gasteiger charge is -2.11. The van der Waals surface area contributed by atoms with Crippen molar-refractivity contribution in [3.8, 4) is 5.75 Å². The first-order valence-corrected chi connectivity index (χ1v) is 6.90. The van der Waals surface area contributed by atoms with Gasteiger partial charge in [0.1, 0.15) is 10.8 Å². The van der Waals surface area contributed by atoms with Crippen molar-refractivity contribution in [3.05, 3.63) is 40.8 Å². The summed E-state index contributed by atoms with van der Waals surface area (Å²) in [6, 6.07) is 6.19. The van der Waals surface area contributed by atoms with E-state index in [4.69, 9.17) is 9.84 Å². The molecule has 3 N–H and O–H groups in total. The molecule has 0 saturated heterocycles. The normalized spacial score (nSPS) is 9.90. The van der Waals surface area contributed by atoms with Crippen LogP contribution < -0.4 is 15.4 Å². The average molecular weight is 307 g/mol. The molecule has 0 unspecified atom stereocenters. The summed E-state index contributed by atoms with van der Waals surface area (Å²) in [6.45, 7) is -0.152. The number of amides is 2. The minimum absolute atomic E-state index is 0.296. The van der Waals surface area contributed by atoms with Crippen molar-refractivity contribution < 1.29 is 19.4 Å². The van der Waals surface area contributed by atoms with Crippen LogP contribution in [0.2, 0.25) is 0 Å². The number of carboxylic acids is 1. The first kappa shape index (κ1) is 14.8. The lowest BCUT2D eigenvalue weighted by Crippen LogP contribution is -2.28. The van der Waals surface area contributed by atoms with Crippen molar-refractivity contribution in [2.24, 2.45) is 0 Å². The molecule has 2 amide bonds. The van der Waals surface area contributed by atoms with Crippen LogP contribution in [-0.4, -0.2) is 28.7 Å². The molecule has 1 heterocycles. The monoisotopic (exact) mass is 307 g/mol. The number of para-hydroxylation sites is 2. The van der Waals surface area contributed by atoms with Gasteiger partial charge in [0, 0.05) is 11.6 Å². The lowest BCUT2D eigenvalue weighted by molar-refractivity contribution is -0.139. The summed E-state index contributed by atoms with van der Waals surface area (Å²) in [5.41, 5.74) is 0.399. The number of benzene rings is 1. The molecule has 7 nitrogen and oxygen atoms in total. The number of urea groups is 1. The van der Waals surface area contributed by atoms with Gasteiger partial charge in [0.2, 0.25) is 0 Å². The van der Waals surface area contributed by atoms with Crippen molar-refractivity contribution in [1.29, 1.82) is 0 Å². The van der Waals surface area contributed by atoms with Crippen LogP contribution in [0.3, 0.4) is 0 Å². The van der Waals surface area contributed by atoms with Gasteiger partial charge in [-0.15, -0.1) is 11.3 Å². The van der Waals surface area contributed by atoms with E-state index in [1.807, 2.05) is 5.38 Å². The van der Waals surface area contributed by atoms with Gasteiger partial charge in [0.25, 0.3) is 0 Å². The molecule has 0 saturated carbocycles. The van der Waals surface area contributed by atoms with Gasteiger partial charge in [0.05, 0.1) is 12.2 Å². The van der Waals surface area contributed by atoms with Crippen LogP contribution in [0.15, 0.2) is 35.8 Å². The van der Waals surface area contributed by atoms with Gasteiger partial charge in [-0.25, -0.2) is 14.6 Å². The Morgan fingerprint density at radius 1 is 1.33 bits per heavy atom. The lowest BCUT2D eigenvalue weighted by atomic mass is 10.3. The molecule has 8 heteroatoms. The fraction of sp³-hybridized carbons (Fsp3) is 0.154. The van der Waals surface area contributed by atoms with Crippen molar-refractivity contribution >= 4 is 29.0 Å². The number of carbonyl (C=O) groups is 2. The topological polar surface area (TPSA) is 101 Å². The number of hydrogen-bond donors (Lipinski definition) is 3. The minimum Gasteiger partial charge on any atom is -0.480 e. The van der Waals surface area contributed by atoms with Crippen LogP contribution in [0.25, 0.3) is 0 Å². The third-order valence-electron chi connectivity index (χ3n) is 2.37. The maximum atomic E-state index is 11.8. The van der Waals surface area contributed by atoms with E-state index in [0.29, 0.717) is 18.0 Å². The van der Waals surface area contributed by atoms with E-state index in [-0.39, 0.29) is 0 Å². The molecule has 2 rings (SSSR count). The summed E-state index contributed by atoms with van der Waals surface area (Å²) in [5.74, 6) is -0.790. The highest BCUT2D eigenvalue weighted by Crippen LogP contribution is 2.23. The zero-order chi connectivity index (χ0) is 15.1. The Hall–Kier alpha value is -2.61. The smallest absolute Gasteiger partial charge is 0.341 e. The van der Waals surface area contributed by atoms with Crippen LogP contribution >= 0.6 is 11.3 Å². The molecule has 0 atom stereocenters. The quantitative estimate of drug-likeness (QED) is 0.757. The highest BCUT2D eigenvalue weighted by atomic mass is 32.1. The molecule has 0 spiro atoms. The minimum atomic E-state index is -1.09. The van der Waals surface area contributed by atoms with Gasteiger partial charge in [0.15, 0.2) is 6.61 Å². The summed E-state index contributed by atoms with van der Waals surface area (Å²) in [6.07, 6.45) is 1.66. The number of thiazole rings is 1. The van der Waals surface area contributed by atoms with Crippen LogP contribution in [-0.2, 0) is 11.3 Å². The van der Waals surface area contributed by atoms with Crippen LogP contribution in [0.5, 0.6) is 5.75 Å². The maximum absolute atomic E-state index is 11.8. The van der Waals surface area contributed by atoms with E-state index in [2.05, 4.69) is 15.6 Å². The fourth-order valence-corrected chi connectivity index (χ4v) is 2.05. The van der Waals surface area contributed by atoms with Crippen molar-refractivity contribution in [1.82, 2.24) is 10.3 Å². The molecule has 110 valence electrons. The zero-order valence-corrected chi connectivity index (χ0v) is 11.7. The number of carbonyl (C=O) groups excluding carboxylic acids is 1.